The van der Waals surface area contributed by atoms with Crippen molar-refractivity contribution in [1.82, 2.24) is 9.66 Å². The van der Waals surface area contributed by atoms with E-state index in [1.807, 2.05) is 18.2 Å². The van der Waals surface area contributed by atoms with Gasteiger partial charge in [-0.2, -0.15) is 0 Å². The van der Waals surface area contributed by atoms with Gasteiger partial charge in [-0.3, -0.25) is 0 Å². The number of hydrogen-bond acceptors (Lipinski definition) is 4. The zero-order chi connectivity index (χ0) is 14.0. The number of imidazole rings is 1. The standard InChI is InChI=1S/C13H17BrN4O/c1-3-4-11-17-12(13(15)18(11)16)9-7-8(14)5-6-10(9)19-2/h5-7H,3-4,15-16H2,1-2H3. The van der Waals surface area contributed by atoms with Crippen molar-refractivity contribution < 1.29 is 4.74 Å². The second-order valence-electron chi connectivity index (χ2n) is 4.23. The normalized spacial score (nSPS) is 10.7. The molecule has 0 aliphatic heterocycles. The summed E-state index contributed by atoms with van der Waals surface area (Å²) in [6, 6.07) is 5.70. The van der Waals surface area contributed by atoms with E-state index in [2.05, 4.69) is 27.8 Å². The predicted octanol–water partition coefficient (Wildman–Crippen LogP) is 2.57. The number of hydrogen-bond donors (Lipinski definition) is 2. The SMILES string of the molecule is CCCc1nc(-c2cc(Br)ccc2OC)c(N)n1N. The van der Waals surface area contributed by atoms with Crippen LogP contribution in [0.3, 0.4) is 0 Å². The number of aryl methyl sites for hydroxylation is 1. The molecule has 0 fully saturated rings. The number of benzene rings is 1. The Balaban J connectivity index is 2.58. The first kappa shape index (κ1) is 13.7. The van der Waals surface area contributed by atoms with Crippen molar-refractivity contribution in [2.24, 2.45) is 0 Å². The van der Waals surface area contributed by atoms with E-state index in [9.17, 15) is 0 Å². The summed E-state index contributed by atoms with van der Waals surface area (Å²) in [5.74, 6) is 7.87. The number of anilines is 1. The van der Waals surface area contributed by atoms with Crippen LogP contribution in [-0.4, -0.2) is 16.8 Å². The molecular weight excluding hydrogens is 308 g/mol. The smallest absolute Gasteiger partial charge is 0.150 e. The molecule has 0 radical (unpaired) electrons. The van der Waals surface area contributed by atoms with Crippen LogP contribution in [0.1, 0.15) is 19.2 Å². The van der Waals surface area contributed by atoms with Crippen LogP contribution in [0.5, 0.6) is 5.75 Å². The molecule has 5 nitrogen and oxygen atoms in total. The number of rotatable bonds is 4. The van der Waals surface area contributed by atoms with Crippen LogP contribution in [0, 0.1) is 0 Å². The molecule has 1 heterocycles. The minimum Gasteiger partial charge on any atom is -0.496 e. The molecule has 0 spiro atoms. The third-order valence-electron chi connectivity index (χ3n) is 2.91. The van der Waals surface area contributed by atoms with E-state index in [1.54, 1.807) is 7.11 Å². The lowest BCUT2D eigenvalue weighted by molar-refractivity contribution is 0.416. The van der Waals surface area contributed by atoms with Gasteiger partial charge in [0.2, 0.25) is 0 Å². The van der Waals surface area contributed by atoms with Gasteiger partial charge in [0.15, 0.2) is 5.82 Å². The molecule has 0 bridgehead atoms. The van der Waals surface area contributed by atoms with Crippen LogP contribution >= 0.6 is 15.9 Å². The number of nitrogens with zero attached hydrogens (tertiary/aromatic N) is 2. The highest BCUT2D eigenvalue weighted by Gasteiger charge is 2.17. The van der Waals surface area contributed by atoms with Gasteiger partial charge in [-0.1, -0.05) is 22.9 Å². The molecule has 2 aromatic rings. The van der Waals surface area contributed by atoms with Gasteiger partial charge in [0.05, 0.1) is 7.11 Å². The molecule has 6 heteroatoms. The molecule has 19 heavy (non-hydrogen) atoms. The quantitative estimate of drug-likeness (QED) is 0.847. The van der Waals surface area contributed by atoms with Crippen molar-refractivity contribution in [1.29, 1.82) is 0 Å². The fourth-order valence-electron chi connectivity index (χ4n) is 1.96. The Hall–Kier alpha value is -1.69. The molecule has 4 N–H and O–H groups in total. The van der Waals surface area contributed by atoms with Gasteiger partial charge in [0.1, 0.15) is 17.3 Å². The molecule has 0 amide bonds. The van der Waals surface area contributed by atoms with E-state index in [0.717, 1.165) is 34.5 Å². The lowest BCUT2D eigenvalue weighted by Crippen LogP contribution is -2.15. The number of halogens is 1. The Morgan fingerprint density at radius 3 is 2.79 bits per heavy atom. The van der Waals surface area contributed by atoms with Gasteiger partial charge in [0, 0.05) is 16.5 Å². The number of methoxy groups -OCH3 is 1. The van der Waals surface area contributed by atoms with E-state index < -0.39 is 0 Å². The fourth-order valence-corrected chi connectivity index (χ4v) is 2.32. The minimum absolute atomic E-state index is 0.444. The molecule has 1 aromatic heterocycles. The Labute approximate surface area is 120 Å². The first-order chi connectivity index (χ1) is 9.08. The molecule has 0 unspecified atom stereocenters. The Morgan fingerprint density at radius 2 is 2.16 bits per heavy atom. The maximum atomic E-state index is 6.04. The molecule has 1 aromatic carbocycles. The average molecular weight is 325 g/mol. The third kappa shape index (κ3) is 2.53. The second kappa shape index (κ2) is 5.52. The van der Waals surface area contributed by atoms with Gasteiger partial charge in [-0.05, 0) is 24.6 Å². The largest absolute Gasteiger partial charge is 0.496 e. The summed E-state index contributed by atoms with van der Waals surface area (Å²) in [5.41, 5.74) is 7.53. The van der Waals surface area contributed by atoms with Crippen molar-refractivity contribution >= 4 is 21.7 Å². The second-order valence-corrected chi connectivity index (χ2v) is 5.14. The van der Waals surface area contributed by atoms with Gasteiger partial charge in [0.25, 0.3) is 0 Å². The minimum atomic E-state index is 0.444. The van der Waals surface area contributed by atoms with Crippen molar-refractivity contribution in [3.8, 4) is 17.0 Å². The van der Waals surface area contributed by atoms with Crippen LogP contribution in [-0.2, 0) is 6.42 Å². The van der Waals surface area contributed by atoms with Crippen LogP contribution in [0.25, 0.3) is 11.3 Å². The maximum Gasteiger partial charge on any atom is 0.150 e. The first-order valence-corrected chi connectivity index (χ1v) is 6.83. The van der Waals surface area contributed by atoms with E-state index in [0.29, 0.717) is 11.5 Å². The van der Waals surface area contributed by atoms with E-state index >= 15 is 0 Å². The molecule has 0 atom stereocenters. The summed E-state index contributed by atoms with van der Waals surface area (Å²) in [4.78, 5) is 4.53. The predicted molar refractivity (Wildman–Crippen MR) is 80.5 cm³/mol. The van der Waals surface area contributed by atoms with Crippen molar-refractivity contribution in [2.75, 3.05) is 18.7 Å². The lowest BCUT2D eigenvalue weighted by Gasteiger charge is -2.07. The zero-order valence-electron chi connectivity index (χ0n) is 11.0. The van der Waals surface area contributed by atoms with Gasteiger partial charge in [-0.15, -0.1) is 0 Å². The Morgan fingerprint density at radius 1 is 1.42 bits per heavy atom. The molecule has 0 aliphatic carbocycles. The summed E-state index contributed by atoms with van der Waals surface area (Å²) in [6.07, 6.45) is 1.75. The Kier molecular flexibility index (Phi) is 3.99. The van der Waals surface area contributed by atoms with E-state index in [1.165, 1.54) is 4.68 Å². The highest BCUT2D eigenvalue weighted by Crippen LogP contribution is 2.35. The summed E-state index contributed by atoms with van der Waals surface area (Å²) >= 11 is 3.44. The van der Waals surface area contributed by atoms with E-state index in [4.69, 9.17) is 16.3 Å². The summed E-state index contributed by atoms with van der Waals surface area (Å²) < 4.78 is 7.73. The first-order valence-electron chi connectivity index (χ1n) is 6.04. The summed E-state index contributed by atoms with van der Waals surface area (Å²) in [7, 11) is 1.62. The fraction of sp³-hybridized carbons (Fsp3) is 0.308. The van der Waals surface area contributed by atoms with Gasteiger partial charge >= 0.3 is 0 Å². The molecule has 102 valence electrons. The monoisotopic (exact) mass is 324 g/mol. The number of aromatic nitrogens is 2. The van der Waals surface area contributed by atoms with Crippen LogP contribution in [0.4, 0.5) is 5.82 Å². The molecule has 0 aliphatic rings. The van der Waals surface area contributed by atoms with Gasteiger partial charge < -0.3 is 16.3 Å². The van der Waals surface area contributed by atoms with Gasteiger partial charge in [-0.25, -0.2) is 9.66 Å². The van der Waals surface area contributed by atoms with Crippen LogP contribution in [0.2, 0.25) is 0 Å². The summed E-state index contributed by atoms with van der Waals surface area (Å²) in [5, 5.41) is 0. The van der Waals surface area contributed by atoms with Crippen molar-refractivity contribution in [2.45, 2.75) is 19.8 Å². The highest BCUT2D eigenvalue weighted by atomic mass is 79.9. The maximum absolute atomic E-state index is 6.04. The zero-order valence-corrected chi connectivity index (χ0v) is 12.6. The third-order valence-corrected chi connectivity index (χ3v) is 3.40. The lowest BCUT2D eigenvalue weighted by atomic mass is 10.1. The summed E-state index contributed by atoms with van der Waals surface area (Å²) in [6.45, 7) is 2.07. The van der Waals surface area contributed by atoms with Crippen molar-refractivity contribution in [3.63, 3.8) is 0 Å². The van der Waals surface area contributed by atoms with E-state index in [-0.39, 0.29) is 0 Å². The molecule has 2 rings (SSSR count). The van der Waals surface area contributed by atoms with Crippen molar-refractivity contribution in [3.05, 3.63) is 28.5 Å². The van der Waals surface area contributed by atoms with Crippen LogP contribution in [0.15, 0.2) is 22.7 Å². The number of ether oxygens (including phenoxy) is 1. The molecular formula is C13H17BrN4O. The average Bonchev–Trinajstić information content (AvgIpc) is 2.67. The molecule has 0 saturated carbocycles. The highest BCUT2D eigenvalue weighted by molar-refractivity contribution is 9.10. The molecule has 0 saturated heterocycles. The Bertz CT molecular complexity index is 595. The topological polar surface area (TPSA) is 79.1 Å². The number of nitrogens with two attached hydrogens (primary N) is 2. The number of nitrogen functional groups attached to an aromatic ring is 2. The van der Waals surface area contributed by atoms with Crippen LogP contribution < -0.4 is 16.3 Å².